The van der Waals surface area contributed by atoms with E-state index in [-0.39, 0.29) is 0 Å². The van der Waals surface area contributed by atoms with Crippen LogP contribution in [0.2, 0.25) is 0 Å². The van der Waals surface area contributed by atoms with Gasteiger partial charge < -0.3 is 9.80 Å². The van der Waals surface area contributed by atoms with Gasteiger partial charge in [0.25, 0.3) is 0 Å². The van der Waals surface area contributed by atoms with Crippen molar-refractivity contribution in [3.8, 4) is 0 Å². The maximum absolute atomic E-state index is 2.52. The molecule has 152 valence electrons. The lowest BCUT2D eigenvalue weighted by atomic mass is 10.2. The Hall–Kier alpha value is -2.39. The highest BCUT2D eigenvalue weighted by Gasteiger charge is 2.13. The smallest absolute Gasteiger partial charge is 0.0369 e. The molecule has 0 spiro atoms. The summed E-state index contributed by atoms with van der Waals surface area (Å²) in [6, 6.07) is 32.8. The van der Waals surface area contributed by atoms with Gasteiger partial charge in [0.1, 0.15) is 0 Å². The molecule has 0 atom stereocenters. The molecule has 3 heteroatoms. The lowest BCUT2D eigenvalue weighted by molar-refractivity contribution is 0.665. The average Bonchev–Trinajstić information content (AvgIpc) is 2.77. The predicted molar refractivity (Wildman–Crippen MR) is 130 cm³/mol. The molecule has 0 saturated carbocycles. The van der Waals surface area contributed by atoms with Crippen LogP contribution in [0.4, 0.5) is 11.4 Å². The highest BCUT2D eigenvalue weighted by molar-refractivity contribution is 7.98. The normalized spacial score (nSPS) is 10.9. The van der Waals surface area contributed by atoms with E-state index in [4.69, 9.17) is 0 Å². The van der Waals surface area contributed by atoms with E-state index < -0.39 is 0 Å². The van der Waals surface area contributed by atoms with E-state index in [0.717, 1.165) is 31.1 Å². The Morgan fingerprint density at radius 3 is 1.79 bits per heavy atom. The van der Waals surface area contributed by atoms with Gasteiger partial charge in [-0.3, -0.25) is 0 Å². The molecule has 0 radical (unpaired) electrons. The molecule has 0 aliphatic heterocycles. The van der Waals surface area contributed by atoms with Crippen LogP contribution in [-0.2, 0) is 5.75 Å². The van der Waals surface area contributed by atoms with E-state index in [1.807, 2.05) is 11.8 Å². The SMILES string of the molecule is CC(C)N(CCN(CCSCc1ccccc1)c1ccccc1)c1ccccc1. The quantitative estimate of drug-likeness (QED) is 0.344. The zero-order valence-corrected chi connectivity index (χ0v) is 18.4. The van der Waals surface area contributed by atoms with Crippen LogP contribution in [-0.4, -0.2) is 31.4 Å². The van der Waals surface area contributed by atoms with Crippen LogP contribution >= 0.6 is 11.8 Å². The summed E-state index contributed by atoms with van der Waals surface area (Å²) in [6.45, 7) is 7.64. The van der Waals surface area contributed by atoms with Crippen LogP contribution in [0.25, 0.3) is 0 Å². The van der Waals surface area contributed by atoms with Crippen molar-refractivity contribution in [1.82, 2.24) is 0 Å². The molecule has 29 heavy (non-hydrogen) atoms. The van der Waals surface area contributed by atoms with E-state index in [1.165, 1.54) is 16.9 Å². The predicted octanol–water partition coefficient (Wildman–Crippen LogP) is 6.34. The van der Waals surface area contributed by atoms with Gasteiger partial charge in [0.05, 0.1) is 0 Å². The van der Waals surface area contributed by atoms with Gasteiger partial charge in [0.2, 0.25) is 0 Å². The summed E-state index contributed by atoms with van der Waals surface area (Å²) in [5, 5.41) is 0. The van der Waals surface area contributed by atoms with Gasteiger partial charge in [0.15, 0.2) is 0 Å². The Bertz CT molecular complexity index is 806. The summed E-state index contributed by atoms with van der Waals surface area (Å²) in [6.07, 6.45) is 0. The fraction of sp³-hybridized carbons (Fsp3) is 0.308. The third-order valence-electron chi connectivity index (χ3n) is 5.06. The van der Waals surface area contributed by atoms with Crippen molar-refractivity contribution in [2.45, 2.75) is 25.6 Å². The van der Waals surface area contributed by atoms with Crippen LogP contribution in [0.15, 0.2) is 91.0 Å². The molecule has 0 aliphatic carbocycles. The fourth-order valence-corrected chi connectivity index (χ4v) is 4.40. The molecule has 0 saturated heterocycles. The molecule has 0 amide bonds. The highest BCUT2D eigenvalue weighted by Crippen LogP contribution is 2.19. The number of hydrogen-bond acceptors (Lipinski definition) is 3. The van der Waals surface area contributed by atoms with Crippen LogP contribution in [0.1, 0.15) is 19.4 Å². The first-order chi connectivity index (χ1) is 14.2. The summed E-state index contributed by atoms with van der Waals surface area (Å²) in [5.74, 6) is 2.20. The Labute approximate surface area is 180 Å². The third-order valence-corrected chi connectivity index (χ3v) is 6.07. The summed E-state index contributed by atoms with van der Waals surface area (Å²) in [4.78, 5) is 5.02. The monoisotopic (exact) mass is 404 g/mol. The number of nitrogens with zero attached hydrogens (tertiary/aromatic N) is 2. The molecular formula is C26H32N2S. The lowest BCUT2D eigenvalue weighted by Crippen LogP contribution is -2.39. The van der Waals surface area contributed by atoms with Crippen LogP contribution in [0, 0.1) is 0 Å². The largest absolute Gasteiger partial charge is 0.369 e. The van der Waals surface area contributed by atoms with Crippen LogP contribution in [0.3, 0.4) is 0 Å². The molecule has 0 aromatic heterocycles. The summed E-state index contributed by atoms with van der Waals surface area (Å²) in [5.41, 5.74) is 4.01. The summed E-state index contributed by atoms with van der Waals surface area (Å²) in [7, 11) is 0. The number of hydrogen-bond donors (Lipinski definition) is 0. The Morgan fingerprint density at radius 1 is 0.655 bits per heavy atom. The van der Waals surface area contributed by atoms with Crippen LogP contribution < -0.4 is 9.80 Å². The molecule has 0 unspecified atom stereocenters. The first-order valence-electron chi connectivity index (χ1n) is 10.5. The molecular weight excluding hydrogens is 372 g/mol. The Kier molecular flexibility index (Phi) is 8.51. The average molecular weight is 405 g/mol. The zero-order chi connectivity index (χ0) is 20.3. The van der Waals surface area contributed by atoms with Crippen molar-refractivity contribution in [2.24, 2.45) is 0 Å². The van der Waals surface area contributed by atoms with E-state index >= 15 is 0 Å². The second-order valence-electron chi connectivity index (χ2n) is 7.48. The van der Waals surface area contributed by atoms with E-state index in [1.54, 1.807) is 0 Å². The second kappa shape index (κ2) is 11.6. The van der Waals surface area contributed by atoms with Crippen molar-refractivity contribution in [3.05, 3.63) is 96.6 Å². The number of rotatable bonds is 11. The first-order valence-corrected chi connectivity index (χ1v) is 11.6. The van der Waals surface area contributed by atoms with Gasteiger partial charge in [-0.25, -0.2) is 0 Å². The molecule has 3 aromatic rings. The van der Waals surface area contributed by atoms with Gasteiger partial charge in [0, 0.05) is 48.6 Å². The van der Waals surface area contributed by atoms with Gasteiger partial charge in [-0.05, 0) is 43.7 Å². The molecule has 0 fully saturated rings. The van der Waals surface area contributed by atoms with Gasteiger partial charge in [-0.15, -0.1) is 0 Å². The van der Waals surface area contributed by atoms with Gasteiger partial charge in [-0.1, -0.05) is 66.7 Å². The van der Waals surface area contributed by atoms with E-state index in [9.17, 15) is 0 Å². The van der Waals surface area contributed by atoms with Crippen molar-refractivity contribution in [1.29, 1.82) is 0 Å². The molecule has 0 bridgehead atoms. The van der Waals surface area contributed by atoms with E-state index in [2.05, 4.69) is 115 Å². The minimum Gasteiger partial charge on any atom is -0.369 e. The molecule has 3 rings (SSSR count). The fourth-order valence-electron chi connectivity index (χ4n) is 3.48. The molecule has 0 aliphatic rings. The number of benzene rings is 3. The van der Waals surface area contributed by atoms with Gasteiger partial charge in [-0.2, -0.15) is 11.8 Å². The van der Waals surface area contributed by atoms with Gasteiger partial charge >= 0.3 is 0 Å². The minimum absolute atomic E-state index is 0.475. The Morgan fingerprint density at radius 2 is 1.21 bits per heavy atom. The third kappa shape index (κ3) is 6.86. The minimum atomic E-state index is 0.475. The molecule has 2 nitrogen and oxygen atoms in total. The number of para-hydroxylation sites is 2. The topological polar surface area (TPSA) is 6.48 Å². The molecule has 0 N–H and O–H groups in total. The number of anilines is 2. The lowest BCUT2D eigenvalue weighted by Gasteiger charge is -2.33. The summed E-state index contributed by atoms with van der Waals surface area (Å²) >= 11 is 2.01. The number of thioether (sulfide) groups is 1. The van der Waals surface area contributed by atoms with E-state index in [0.29, 0.717) is 6.04 Å². The van der Waals surface area contributed by atoms with Crippen molar-refractivity contribution in [2.75, 3.05) is 35.2 Å². The standard InChI is InChI=1S/C26H32N2S/c1-23(2)28(26-16-10-5-11-17-26)19-18-27(25-14-8-4-9-15-25)20-21-29-22-24-12-6-3-7-13-24/h3-17,23H,18-22H2,1-2H3. The van der Waals surface area contributed by atoms with Crippen molar-refractivity contribution >= 4 is 23.1 Å². The molecule has 0 heterocycles. The Balaban J connectivity index is 1.59. The first kappa shape index (κ1) is 21.3. The molecule has 3 aromatic carbocycles. The zero-order valence-electron chi connectivity index (χ0n) is 17.6. The maximum Gasteiger partial charge on any atom is 0.0369 e. The second-order valence-corrected chi connectivity index (χ2v) is 8.59. The van der Waals surface area contributed by atoms with Crippen LogP contribution in [0.5, 0.6) is 0 Å². The highest BCUT2D eigenvalue weighted by atomic mass is 32.2. The summed E-state index contributed by atoms with van der Waals surface area (Å²) < 4.78 is 0. The maximum atomic E-state index is 2.52. The van der Waals surface area contributed by atoms with Crippen molar-refractivity contribution < 1.29 is 0 Å². The van der Waals surface area contributed by atoms with Crippen molar-refractivity contribution in [3.63, 3.8) is 0 Å².